The molecular formula is C26H38N4O7. The number of urea groups is 1. The van der Waals surface area contributed by atoms with Crippen molar-refractivity contribution in [2.24, 2.45) is 0 Å². The van der Waals surface area contributed by atoms with Gasteiger partial charge in [0, 0.05) is 19.5 Å². The zero-order valence-corrected chi connectivity index (χ0v) is 22.4. The molecule has 3 N–H and O–H groups in total. The highest BCUT2D eigenvalue weighted by Gasteiger charge is 2.34. The van der Waals surface area contributed by atoms with Gasteiger partial charge in [0.1, 0.15) is 17.2 Å². The Hall–Kier alpha value is -3.47. The number of esters is 2. The lowest BCUT2D eigenvalue weighted by Gasteiger charge is -2.25. The fourth-order valence-corrected chi connectivity index (χ4v) is 3.54. The number of fused-ring (bicyclic) bond motifs is 1. The summed E-state index contributed by atoms with van der Waals surface area (Å²) in [5.74, 6) is -1.75. The molecule has 2 rings (SSSR count). The zero-order valence-electron chi connectivity index (χ0n) is 22.4. The van der Waals surface area contributed by atoms with Crippen LogP contribution in [0.15, 0.2) is 24.3 Å². The average molecular weight is 519 g/mol. The summed E-state index contributed by atoms with van der Waals surface area (Å²) in [6.07, 6.45) is 1.05. The third kappa shape index (κ3) is 9.83. The van der Waals surface area contributed by atoms with E-state index in [1.807, 2.05) is 0 Å². The maximum absolute atomic E-state index is 12.6. The number of carbonyl (C=O) groups is 5. The van der Waals surface area contributed by atoms with Crippen LogP contribution in [0.5, 0.6) is 0 Å². The molecule has 0 aliphatic carbocycles. The Labute approximate surface area is 217 Å². The molecule has 0 aromatic heterocycles. The van der Waals surface area contributed by atoms with Crippen molar-refractivity contribution >= 4 is 29.8 Å². The number of nitrogens with one attached hydrogen (secondary N) is 3. The van der Waals surface area contributed by atoms with Gasteiger partial charge in [0.05, 0.1) is 11.1 Å². The molecular weight excluding hydrogens is 480 g/mol. The lowest BCUT2D eigenvalue weighted by molar-refractivity contribution is -0.158. The van der Waals surface area contributed by atoms with Crippen LogP contribution in [-0.2, 0) is 19.1 Å². The number of nitrogens with zero attached hydrogens (tertiary/aromatic N) is 1. The molecule has 1 aromatic carbocycles. The molecule has 37 heavy (non-hydrogen) atoms. The van der Waals surface area contributed by atoms with E-state index in [-0.39, 0.29) is 31.2 Å². The van der Waals surface area contributed by atoms with Crippen molar-refractivity contribution in [3.63, 3.8) is 0 Å². The third-order valence-corrected chi connectivity index (χ3v) is 5.07. The molecule has 1 atom stereocenters. The van der Waals surface area contributed by atoms with Gasteiger partial charge in [-0.25, -0.2) is 15.0 Å². The lowest BCUT2D eigenvalue weighted by Crippen LogP contribution is -2.51. The third-order valence-electron chi connectivity index (χ3n) is 5.07. The van der Waals surface area contributed by atoms with Gasteiger partial charge >= 0.3 is 18.0 Å². The number of rotatable bonds is 11. The minimum atomic E-state index is -1.05. The van der Waals surface area contributed by atoms with Gasteiger partial charge in [-0.05, 0) is 72.9 Å². The monoisotopic (exact) mass is 518 g/mol. The van der Waals surface area contributed by atoms with Crippen LogP contribution in [0.1, 0.15) is 87.9 Å². The van der Waals surface area contributed by atoms with Gasteiger partial charge in [0.2, 0.25) is 0 Å². The predicted molar refractivity (Wildman–Crippen MR) is 135 cm³/mol. The maximum atomic E-state index is 12.6. The fourth-order valence-electron chi connectivity index (χ4n) is 3.54. The smallest absolute Gasteiger partial charge is 0.329 e. The number of hydrogen-bond acceptors (Lipinski definition) is 8. The highest BCUT2D eigenvalue weighted by Crippen LogP contribution is 2.22. The molecule has 0 saturated heterocycles. The van der Waals surface area contributed by atoms with E-state index < -0.39 is 35.2 Å². The molecule has 1 unspecified atom stereocenters. The molecule has 0 spiro atoms. The SMILES string of the molecule is CC(C)(C)OC(=O)CCC(NC(=O)NNCCCCN1C(=O)c2ccccc2C1=O)C(=O)OC(C)(C)C. The van der Waals surface area contributed by atoms with Crippen molar-refractivity contribution in [1.82, 2.24) is 21.1 Å². The Balaban J connectivity index is 1.76. The number of carbonyl (C=O) groups excluding carboxylic acids is 5. The topological polar surface area (TPSA) is 143 Å². The molecule has 0 radical (unpaired) electrons. The second kappa shape index (κ2) is 12.7. The van der Waals surface area contributed by atoms with Crippen molar-refractivity contribution in [3.05, 3.63) is 35.4 Å². The van der Waals surface area contributed by atoms with Crippen LogP contribution in [0.4, 0.5) is 4.79 Å². The predicted octanol–water partition coefficient (Wildman–Crippen LogP) is 2.70. The van der Waals surface area contributed by atoms with Gasteiger partial charge in [0.15, 0.2) is 0 Å². The highest BCUT2D eigenvalue weighted by molar-refractivity contribution is 6.21. The highest BCUT2D eigenvalue weighted by atomic mass is 16.6. The van der Waals surface area contributed by atoms with E-state index in [0.717, 1.165) is 0 Å². The number of hydrogen-bond donors (Lipinski definition) is 3. The van der Waals surface area contributed by atoms with E-state index in [9.17, 15) is 24.0 Å². The maximum Gasteiger partial charge on any atom is 0.329 e. The Kier molecular flexibility index (Phi) is 10.2. The van der Waals surface area contributed by atoms with Crippen molar-refractivity contribution in [2.45, 2.75) is 84.5 Å². The summed E-state index contributed by atoms with van der Waals surface area (Å²) >= 11 is 0. The Morgan fingerprint density at radius 3 is 2.00 bits per heavy atom. The zero-order chi connectivity index (χ0) is 27.8. The Morgan fingerprint density at radius 2 is 1.46 bits per heavy atom. The van der Waals surface area contributed by atoms with Gasteiger partial charge in [-0.15, -0.1) is 0 Å². The summed E-state index contributed by atoms with van der Waals surface area (Å²) in [7, 11) is 0. The second-order valence-electron chi connectivity index (χ2n) is 10.8. The number of unbranched alkanes of at least 4 members (excludes halogenated alkanes) is 1. The van der Waals surface area contributed by atoms with Crippen LogP contribution in [-0.4, -0.2) is 65.0 Å². The van der Waals surface area contributed by atoms with E-state index in [2.05, 4.69) is 16.2 Å². The van der Waals surface area contributed by atoms with Crippen molar-refractivity contribution < 1.29 is 33.4 Å². The van der Waals surface area contributed by atoms with Crippen molar-refractivity contribution in [3.8, 4) is 0 Å². The Morgan fingerprint density at radius 1 is 0.892 bits per heavy atom. The molecule has 4 amide bonds. The molecule has 11 nitrogen and oxygen atoms in total. The van der Waals surface area contributed by atoms with Crippen LogP contribution in [0.25, 0.3) is 0 Å². The summed E-state index contributed by atoms with van der Waals surface area (Å²) in [4.78, 5) is 63.0. The second-order valence-corrected chi connectivity index (χ2v) is 10.8. The molecule has 0 bridgehead atoms. The van der Waals surface area contributed by atoms with Crippen LogP contribution in [0.2, 0.25) is 0 Å². The summed E-state index contributed by atoms with van der Waals surface area (Å²) in [6, 6.07) is 5.00. The first kappa shape index (κ1) is 29.8. The van der Waals surface area contributed by atoms with Crippen LogP contribution in [0, 0.1) is 0 Å². The standard InChI is InChI=1S/C26H38N4O7/c1-25(2,3)36-20(31)14-13-19(23(34)37-26(4,5)6)28-24(35)29-27-15-9-10-16-30-21(32)17-11-7-8-12-18(17)22(30)33/h7-8,11-12,19,27H,9-10,13-16H2,1-6H3,(H2,28,29,35). The summed E-state index contributed by atoms with van der Waals surface area (Å²) in [5.41, 5.74) is 4.59. The van der Waals surface area contributed by atoms with Gasteiger partial charge in [-0.1, -0.05) is 12.1 Å². The van der Waals surface area contributed by atoms with Crippen molar-refractivity contribution in [2.75, 3.05) is 13.1 Å². The average Bonchev–Trinajstić information content (AvgIpc) is 3.01. The largest absolute Gasteiger partial charge is 0.460 e. The van der Waals surface area contributed by atoms with Crippen molar-refractivity contribution in [1.29, 1.82) is 0 Å². The first-order chi connectivity index (χ1) is 17.2. The first-order valence-electron chi connectivity index (χ1n) is 12.4. The quantitative estimate of drug-likeness (QED) is 0.176. The molecule has 1 aliphatic heterocycles. The summed E-state index contributed by atoms with van der Waals surface area (Å²) in [5, 5.41) is 2.52. The molecule has 1 aromatic rings. The van der Waals surface area contributed by atoms with E-state index in [1.165, 1.54) is 4.90 Å². The minimum absolute atomic E-state index is 0.0114. The van der Waals surface area contributed by atoms with Gasteiger partial charge in [0.25, 0.3) is 11.8 Å². The van der Waals surface area contributed by atoms with E-state index in [0.29, 0.717) is 30.5 Å². The number of imide groups is 1. The van der Waals surface area contributed by atoms with Crippen LogP contribution < -0.4 is 16.2 Å². The molecule has 204 valence electrons. The lowest BCUT2D eigenvalue weighted by atomic mass is 10.1. The number of amides is 4. The molecule has 1 aliphatic rings. The van der Waals surface area contributed by atoms with Crippen LogP contribution >= 0.6 is 0 Å². The number of ether oxygens (including phenoxy) is 2. The molecule has 0 fully saturated rings. The van der Waals surface area contributed by atoms with Gasteiger partial charge in [-0.3, -0.25) is 24.7 Å². The molecule has 11 heteroatoms. The first-order valence-corrected chi connectivity index (χ1v) is 12.4. The number of benzene rings is 1. The number of hydrazine groups is 1. The van der Waals surface area contributed by atoms with E-state index >= 15 is 0 Å². The van der Waals surface area contributed by atoms with Crippen LogP contribution in [0.3, 0.4) is 0 Å². The van der Waals surface area contributed by atoms with Gasteiger partial charge < -0.3 is 14.8 Å². The molecule has 1 heterocycles. The van der Waals surface area contributed by atoms with Gasteiger partial charge in [-0.2, -0.15) is 0 Å². The molecule has 0 saturated carbocycles. The summed E-state index contributed by atoms with van der Waals surface area (Å²) < 4.78 is 10.6. The minimum Gasteiger partial charge on any atom is -0.460 e. The summed E-state index contributed by atoms with van der Waals surface area (Å²) in [6.45, 7) is 11.0. The van der Waals surface area contributed by atoms with E-state index in [4.69, 9.17) is 9.47 Å². The van der Waals surface area contributed by atoms with E-state index in [1.54, 1.807) is 65.8 Å². The fraction of sp³-hybridized carbons (Fsp3) is 0.577. The normalized spacial score (nSPS) is 14.2. The Bertz CT molecular complexity index is 976.